The monoisotopic (exact) mass is 333 g/mol. The molecule has 0 amide bonds. The predicted octanol–water partition coefficient (Wildman–Crippen LogP) is 3.08. The van der Waals surface area contributed by atoms with Crippen LogP contribution >= 0.6 is 0 Å². The van der Waals surface area contributed by atoms with E-state index in [9.17, 15) is 13.5 Å². The molecule has 0 spiro atoms. The van der Waals surface area contributed by atoms with Gasteiger partial charge in [-0.05, 0) is 31.2 Å². The number of hydrogen-bond donors (Lipinski definition) is 1. The number of aromatic hydroxyl groups is 1. The van der Waals surface area contributed by atoms with Gasteiger partial charge in [0.15, 0.2) is 9.84 Å². The number of phenols is 1. The Hall–Kier alpha value is -1.85. The third-order valence-corrected chi connectivity index (χ3v) is 5.41. The summed E-state index contributed by atoms with van der Waals surface area (Å²) in [5.74, 6) is 0.324. The van der Waals surface area contributed by atoms with Crippen LogP contribution in [0.25, 0.3) is 0 Å². The maximum Gasteiger partial charge on any atom is 0.179 e. The summed E-state index contributed by atoms with van der Waals surface area (Å²) in [6.45, 7) is 3.84. The zero-order valence-electron chi connectivity index (χ0n) is 13.4. The first kappa shape index (κ1) is 17.5. The third-order valence-electron chi connectivity index (χ3n) is 3.70. The predicted molar refractivity (Wildman–Crippen MR) is 92.2 cm³/mol. The molecule has 124 valence electrons. The molecule has 2 rings (SSSR count). The molecular weight excluding hydrogens is 310 g/mol. The Labute approximate surface area is 138 Å². The van der Waals surface area contributed by atoms with Gasteiger partial charge in [-0.3, -0.25) is 4.90 Å². The minimum absolute atomic E-state index is 0.0740. The highest BCUT2D eigenvalue weighted by molar-refractivity contribution is 7.91. The lowest BCUT2D eigenvalue weighted by atomic mass is 10.2. The topological polar surface area (TPSA) is 57.6 Å². The average molecular weight is 333 g/mol. The molecule has 0 saturated heterocycles. The van der Waals surface area contributed by atoms with Crippen LogP contribution in [0.2, 0.25) is 0 Å². The van der Waals surface area contributed by atoms with E-state index in [2.05, 4.69) is 11.8 Å². The molecule has 0 heterocycles. The zero-order valence-corrected chi connectivity index (χ0v) is 14.2. The Kier molecular flexibility index (Phi) is 6.19. The Morgan fingerprint density at radius 3 is 2.26 bits per heavy atom. The molecule has 4 nitrogen and oxygen atoms in total. The lowest BCUT2D eigenvalue weighted by Crippen LogP contribution is -2.30. The number of para-hydroxylation sites is 1. The van der Waals surface area contributed by atoms with Crippen molar-refractivity contribution in [2.75, 3.05) is 18.8 Å². The van der Waals surface area contributed by atoms with Crippen LogP contribution in [0.1, 0.15) is 18.9 Å². The molecular formula is C18H23NO3S. The lowest BCUT2D eigenvalue weighted by molar-refractivity contribution is 0.277. The van der Waals surface area contributed by atoms with Crippen molar-refractivity contribution in [2.45, 2.75) is 24.8 Å². The van der Waals surface area contributed by atoms with Gasteiger partial charge in [0.25, 0.3) is 0 Å². The van der Waals surface area contributed by atoms with Crippen molar-refractivity contribution in [1.29, 1.82) is 0 Å². The van der Waals surface area contributed by atoms with Gasteiger partial charge in [-0.25, -0.2) is 8.42 Å². The molecule has 0 aromatic heterocycles. The van der Waals surface area contributed by atoms with E-state index in [-0.39, 0.29) is 11.5 Å². The second kappa shape index (κ2) is 8.13. The van der Waals surface area contributed by atoms with Crippen molar-refractivity contribution in [1.82, 2.24) is 4.90 Å². The maximum absolute atomic E-state index is 12.4. The van der Waals surface area contributed by atoms with E-state index in [4.69, 9.17) is 0 Å². The number of nitrogens with zero attached hydrogens (tertiary/aromatic N) is 1. The molecule has 0 radical (unpaired) electrons. The summed E-state index contributed by atoms with van der Waals surface area (Å²) >= 11 is 0. The standard InChI is InChI=1S/C18H23NO3S/c1-2-12-19(15-16-8-6-7-11-18(16)20)13-14-23(21,22)17-9-4-3-5-10-17/h3-11,20H,2,12-15H2,1H3. The number of rotatable bonds is 8. The summed E-state index contributed by atoms with van der Waals surface area (Å²) in [6, 6.07) is 15.7. The van der Waals surface area contributed by atoms with Crippen molar-refractivity contribution in [3.63, 3.8) is 0 Å². The van der Waals surface area contributed by atoms with Gasteiger partial charge in [-0.2, -0.15) is 0 Å². The van der Waals surface area contributed by atoms with Crippen molar-refractivity contribution >= 4 is 9.84 Å². The van der Waals surface area contributed by atoms with Gasteiger partial charge >= 0.3 is 0 Å². The number of benzene rings is 2. The summed E-state index contributed by atoms with van der Waals surface area (Å²) in [5, 5.41) is 9.89. The number of phenolic OH excluding ortho intramolecular Hbond substituents is 1. The molecule has 0 bridgehead atoms. The fourth-order valence-electron chi connectivity index (χ4n) is 2.47. The molecule has 0 saturated carbocycles. The highest BCUT2D eigenvalue weighted by Crippen LogP contribution is 2.18. The Balaban J connectivity index is 2.04. The molecule has 0 aliphatic carbocycles. The zero-order chi connectivity index (χ0) is 16.7. The molecule has 0 unspecified atom stereocenters. The molecule has 2 aromatic rings. The molecule has 1 N–H and O–H groups in total. The van der Waals surface area contributed by atoms with Crippen LogP contribution in [0.5, 0.6) is 5.75 Å². The van der Waals surface area contributed by atoms with Crippen LogP contribution in [0.4, 0.5) is 0 Å². The van der Waals surface area contributed by atoms with E-state index in [1.54, 1.807) is 42.5 Å². The summed E-state index contributed by atoms with van der Waals surface area (Å²) in [5.41, 5.74) is 0.818. The smallest absolute Gasteiger partial charge is 0.179 e. The van der Waals surface area contributed by atoms with Crippen molar-refractivity contribution in [3.05, 3.63) is 60.2 Å². The number of sulfone groups is 1. The van der Waals surface area contributed by atoms with Crippen molar-refractivity contribution in [3.8, 4) is 5.75 Å². The first-order chi connectivity index (χ1) is 11.0. The molecule has 0 aliphatic rings. The summed E-state index contributed by atoms with van der Waals surface area (Å²) in [6.07, 6.45) is 0.930. The molecule has 0 atom stereocenters. The van der Waals surface area contributed by atoms with Gasteiger partial charge in [0.2, 0.25) is 0 Å². The first-order valence-corrected chi connectivity index (χ1v) is 9.45. The van der Waals surface area contributed by atoms with Crippen LogP contribution in [0, 0.1) is 0 Å². The number of hydrogen-bond acceptors (Lipinski definition) is 4. The highest BCUT2D eigenvalue weighted by Gasteiger charge is 2.16. The Bertz CT molecular complexity index is 714. The fourth-order valence-corrected chi connectivity index (χ4v) is 3.77. The highest BCUT2D eigenvalue weighted by atomic mass is 32.2. The fraction of sp³-hybridized carbons (Fsp3) is 0.333. The van der Waals surface area contributed by atoms with Crippen LogP contribution in [0.3, 0.4) is 0 Å². The van der Waals surface area contributed by atoms with Crippen molar-refractivity contribution < 1.29 is 13.5 Å². The summed E-state index contributed by atoms with van der Waals surface area (Å²) < 4.78 is 24.8. The Morgan fingerprint density at radius 1 is 0.957 bits per heavy atom. The van der Waals surface area contributed by atoms with Gasteiger partial charge in [-0.15, -0.1) is 0 Å². The average Bonchev–Trinajstić information content (AvgIpc) is 2.56. The van der Waals surface area contributed by atoms with Crippen LogP contribution < -0.4 is 0 Å². The largest absolute Gasteiger partial charge is 0.508 e. The molecule has 2 aromatic carbocycles. The van der Waals surface area contributed by atoms with Gasteiger partial charge in [-0.1, -0.05) is 43.3 Å². The first-order valence-electron chi connectivity index (χ1n) is 7.80. The van der Waals surface area contributed by atoms with Gasteiger partial charge < -0.3 is 5.11 Å². The second-order valence-corrected chi connectivity index (χ2v) is 7.65. The third kappa shape index (κ3) is 5.08. The van der Waals surface area contributed by atoms with Gasteiger partial charge in [0.1, 0.15) is 5.75 Å². The van der Waals surface area contributed by atoms with Crippen LogP contribution in [-0.2, 0) is 16.4 Å². The van der Waals surface area contributed by atoms with Gasteiger partial charge in [0.05, 0.1) is 10.6 Å². The van der Waals surface area contributed by atoms with E-state index >= 15 is 0 Å². The normalized spacial score (nSPS) is 11.7. The van der Waals surface area contributed by atoms with E-state index in [1.807, 2.05) is 12.1 Å². The van der Waals surface area contributed by atoms with Crippen molar-refractivity contribution in [2.24, 2.45) is 0 Å². The maximum atomic E-state index is 12.4. The van der Waals surface area contributed by atoms with E-state index < -0.39 is 9.84 Å². The minimum Gasteiger partial charge on any atom is -0.508 e. The SMILES string of the molecule is CCCN(CCS(=O)(=O)c1ccccc1)Cc1ccccc1O. The van der Waals surface area contributed by atoms with Crippen LogP contribution in [0.15, 0.2) is 59.5 Å². The van der Waals surface area contributed by atoms with E-state index in [1.165, 1.54) is 0 Å². The molecule has 0 aliphatic heterocycles. The summed E-state index contributed by atoms with van der Waals surface area (Å²) in [7, 11) is -3.28. The molecule has 0 fully saturated rings. The lowest BCUT2D eigenvalue weighted by Gasteiger charge is -2.22. The summed E-state index contributed by atoms with van der Waals surface area (Å²) in [4.78, 5) is 2.43. The second-order valence-electron chi connectivity index (χ2n) is 5.54. The Morgan fingerprint density at radius 2 is 1.61 bits per heavy atom. The molecule has 5 heteroatoms. The quantitative estimate of drug-likeness (QED) is 0.806. The van der Waals surface area contributed by atoms with Crippen LogP contribution in [-0.4, -0.2) is 37.3 Å². The molecule has 23 heavy (non-hydrogen) atoms. The minimum atomic E-state index is -3.28. The van der Waals surface area contributed by atoms with Gasteiger partial charge in [0, 0.05) is 18.7 Å². The van der Waals surface area contributed by atoms with E-state index in [0.29, 0.717) is 18.0 Å². The van der Waals surface area contributed by atoms with E-state index in [0.717, 1.165) is 18.5 Å².